The molecular formula is C12H15N3O. The van der Waals surface area contributed by atoms with Gasteiger partial charge in [-0.3, -0.25) is 0 Å². The maximum absolute atomic E-state index is 5.60. The van der Waals surface area contributed by atoms with Gasteiger partial charge < -0.3 is 9.73 Å². The summed E-state index contributed by atoms with van der Waals surface area (Å²) in [6.45, 7) is 4.93. The third-order valence-corrected chi connectivity index (χ3v) is 2.34. The molecule has 0 saturated carbocycles. The summed E-state index contributed by atoms with van der Waals surface area (Å²) >= 11 is 0. The van der Waals surface area contributed by atoms with Crippen molar-refractivity contribution >= 4 is 0 Å². The molecule has 1 N–H and O–H groups in total. The minimum absolute atomic E-state index is 0.0926. The number of hydrogen-bond donors (Lipinski definition) is 1. The van der Waals surface area contributed by atoms with E-state index in [0.29, 0.717) is 11.8 Å². The second-order valence-corrected chi connectivity index (χ2v) is 3.59. The maximum atomic E-state index is 5.60. The third kappa shape index (κ3) is 2.28. The average molecular weight is 217 g/mol. The monoisotopic (exact) mass is 217 g/mol. The molecule has 2 rings (SSSR count). The topological polar surface area (TPSA) is 51.0 Å². The molecule has 4 nitrogen and oxygen atoms in total. The lowest BCUT2D eigenvalue weighted by Crippen LogP contribution is -2.17. The molecule has 1 atom stereocenters. The largest absolute Gasteiger partial charge is 0.419 e. The van der Waals surface area contributed by atoms with E-state index in [9.17, 15) is 0 Å². The number of nitrogens with zero attached hydrogens (tertiary/aromatic N) is 2. The third-order valence-electron chi connectivity index (χ3n) is 2.34. The molecule has 1 heterocycles. The van der Waals surface area contributed by atoms with Gasteiger partial charge in [0.25, 0.3) is 0 Å². The Hall–Kier alpha value is -1.68. The normalized spacial score (nSPS) is 12.6. The van der Waals surface area contributed by atoms with Gasteiger partial charge in [0, 0.05) is 5.56 Å². The molecule has 1 unspecified atom stereocenters. The highest BCUT2D eigenvalue weighted by Crippen LogP contribution is 2.19. The van der Waals surface area contributed by atoms with E-state index < -0.39 is 0 Å². The Kier molecular flexibility index (Phi) is 3.31. The molecule has 16 heavy (non-hydrogen) atoms. The summed E-state index contributed by atoms with van der Waals surface area (Å²) in [5, 5.41) is 11.3. The second kappa shape index (κ2) is 4.90. The lowest BCUT2D eigenvalue weighted by atomic mass is 10.2. The smallest absolute Gasteiger partial charge is 0.247 e. The second-order valence-electron chi connectivity index (χ2n) is 3.59. The van der Waals surface area contributed by atoms with E-state index in [1.807, 2.05) is 44.2 Å². The number of hydrogen-bond acceptors (Lipinski definition) is 4. The van der Waals surface area contributed by atoms with Crippen LogP contribution in [0.15, 0.2) is 34.7 Å². The molecule has 0 fully saturated rings. The zero-order valence-corrected chi connectivity index (χ0v) is 9.47. The van der Waals surface area contributed by atoms with Gasteiger partial charge in [0.1, 0.15) is 0 Å². The highest BCUT2D eigenvalue weighted by atomic mass is 16.4. The Balaban J connectivity index is 2.20. The summed E-state index contributed by atoms with van der Waals surface area (Å²) in [7, 11) is 0. The standard InChI is InChI=1S/C12H15N3O/c1-3-13-9(2)11-14-15-12(16-11)10-7-5-4-6-8-10/h4-9,13H,3H2,1-2H3. The number of rotatable bonds is 4. The summed E-state index contributed by atoms with van der Waals surface area (Å²) < 4.78 is 5.60. The molecule has 0 aliphatic rings. The van der Waals surface area contributed by atoms with Gasteiger partial charge in [0.2, 0.25) is 11.8 Å². The highest BCUT2D eigenvalue weighted by Gasteiger charge is 2.13. The van der Waals surface area contributed by atoms with Crippen molar-refractivity contribution in [2.24, 2.45) is 0 Å². The molecule has 2 aromatic rings. The van der Waals surface area contributed by atoms with Crippen molar-refractivity contribution in [1.29, 1.82) is 0 Å². The summed E-state index contributed by atoms with van der Waals surface area (Å²) in [5.41, 5.74) is 0.949. The van der Waals surface area contributed by atoms with Gasteiger partial charge >= 0.3 is 0 Å². The van der Waals surface area contributed by atoms with Gasteiger partial charge in [0.15, 0.2) is 0 Å². The molecule has 4 heteroatoms. The molecule has 84 valence electrons. The van der Waals surface area contributed by atoms with Gasteiger partial charge in [-0.15, -0.1) is 10.2 Å². The minimum Gasteiger partial charge on any atom is -0.419 e. The van der Waals surface area contributed by atoms with E-state index in [-0.39, 0.29) is 6.04 Å². The Morgan fingerprint density at radius 2 is 2.00 bits per heavy atom. The predicted octanol–water partition coefficient (Wildman–Crippen LogP) is 2.41. The van der Waals surface area contributed by atoms with Crippen LogP contribution in [0.5, 0.6) is 0 Å². The molecule has 0 radical (unpaired) electrons. The summed E-state index contributed by atoms with van der Waals surface area (Å²) in [6.07, 6.45) is 0. The molecule has 0 saturated heterocycles. The fourth-order valence-corrected chi connectivity index (χ4v) is 1.50. The average Bonchev–Trinajstić information content (AvgIpc) is 2.80. The molecule has 1 aromatic heterocycles. The van der Waals surface area contributed by atoms with Crippen molar-refractivity contribution < 1.29 is 4.42 Å². The van der Waals surface area contributed by atoms with Crippen molar-refractivity contribution in [1.82, 2.24) is 15.5 Å². The van der Waals surface area contributed by atoms with Gasteiger partial charge in [-0.05, 0) is 25.6 Å². The van der Waals surface area contributed by atoms with E-state index in [2.05, 4.69) is 15.5 Å². The fourth-order valence-electron chi connectivity index (χ4n) is 1.50. The first-order valence-corrected chi connectivity index (χ1v) is 5.43. The molecule has 0 amide bonds. The first kappa shape index (κ1) is 10.8. The number of benzene rings is 1. The molecular weight excluding hydrogens is 202 g/mol. The van der Waals surface area contributed by atoms with E-state index >= 15 is 0 Å². The number of nitrogens with one attached hydrogen (secondary N) is 1. The molecule has 0 bridgehead atoms. The van der Waals surface area contributed by atoms with E-state index in [1.54, 1.807) is 0 Å². The predicted molar refractivity (Wildman–Crippen MR) is 61.8 cm³/mol. The van der Waals surface area contributed by atoms with Crippen LogP contribution in [0.25, 0.3) is 11.5 Å². The summed E-state index contributed by atoms with van der Waals surface area (Å²) in [4.78, 5) is 0. The van der Waals surface area contributed by atoms with E-state index in [0.717, 1.165) is 12.1 Å². The lowest BCUT2D eigenvalue weighted by Gasteiger charge is -2.05. The van der Waals surface area contributed by atoms with Gasteiger partial charge in [-0.2, -0.15) is 0 Å². The SMILES string of the molecule is CCNC(C)c1nnc(-c2ccccc2)o1. The molecule has 0 aliphatic carbocycles. The molecule has 1 aromatic carbocycles. The molecule has 0 spiro atoms. The Bertz CT molecular complexity index is 439. The zero-order chi connectivity index (χ0) is 11.4. The Labute approximate surface area is 94.7 Å². The van der Waals surface area contributed by atoms with Crippen LogP contribution < -0.4 is 5.32 Å². The lowest BCUT2D eigenvalue weighted by molar-refractivity contribution is 0.429. The van der Waals surface area contributed by atoms with Crippen LogP contribution in [0.3, 0.4) is 0 Å². The number of aromatic nitrogens is 2. The summed E-state index contributed by atoms with van der Waals surface area (Å²) in [5.74, 6) is 1.20. The Morgan fingerprint density at radius 1 is 1.25 bits per heavy atom. The van der Waals surface area contributed by atoms with Crippen LogP contribution in [-0.4, -0.2) is 16.7 Å². The minimum atomic E-state index is 0.0926. The van der Waals surface area contributed by atoms with E-state index in [4.69, 9.17) is 4.42 Å². The van der Waals surface area contributed by atoms with Gasteiger partial charge in [-0.1, -0.05) is 25.1 Å². The maximum Gasteiger partial charge on any atom is 0.247 e. The van der Waals surface area contributed by atoms with Gasteiger partial charge in [-0.25, -0.2) is 0 Å². The molecule has 0 aliphatic heterocycles. The van der Waals surface area contributed by atoms with Crippen LogP contribution in [0.1, 0.15) is 25.8 Å². The van der Waals surface area contributed by atoms with E-state index in [1.165, 1.54) is 0 Å². The zero-order valence-electron chi connectivity index (χ0n) is 9.47. The van der Waals surface area contributed by atoms with Crippen LogP contribution in [0.2, 0.25) is 0 Å². The summed E-state index contributed by atoms with van der Waals surface area (Å²) in [6, 6.07) is 9.86. The van der Waals surface area contributed by atoms with Crippen molar-refractivity contribution in [2.75, 3.05) is 6.54 Å². The van der Waals surface area contributed by atoms with Crippen molar-refractivity contribution in [2.45, 2.75) is 19.9 Å². The highest BCUT2D eigenvalue weighted by molar-refractivity contribution is 5.51. The van der Waals surface area contributed by atoms with Crippen molar-refractivity contribution in [3.05, 3.63) is 36.2 Å². The van der Waals surface area contributed by atoms with Crippen molar-refractivity contribution in [3.63, 3.8) is 0 Å². The van der Waals surface area contributed by atoms with Crippen LogP contribution in [-0.2, 0) is 0 Å². The van der Waals surface area contributed by atoms with Crippen LogP contribution in [0.4, 0.5) is 0 Å². The quantitative estimate of drug-likeness (QED) is 0.854. The first-order valence-electron chi connectivity index (χ1n) is 5.43. The first-order chi connectivity index (χ1) is 7.81. The Morgan fingerprint density at radius 3 is 2.69 bits per heavy atom. The fraction of sp³-hybridized carbons (Fsp3) is 0.333. The van der Waals surface area contributed by atoms with Crippen LogP contribution in [0, 0.1) is 0 Å². The van der Waals surface area contributed by atoms with Crippen LogP contribution >= 0.6 is 0 Å². The van der Waals surface area contributed by atoms with Gasteiger partial charge in [0.05, 0.1) is 6.04 Å². The van der Waals surface area contributed by atoms with Crippen molar-refractivity contribution in [3.8, 4) is 11.5 Å².